The Bertz CT molecular complexity index is 464. The van der Waals surface area contributed by atoms with Crippen molar-refractivity contribution >= 4 is 28.1 Å². The average Bonchev–Trinajstić information content (AvgIpc) is 2.15. The molecule has 0 heterocycles. The van der Waals surface area contributed by atoms with Crippen molar-refractivity contribution < 1.29 is 13.2 Å². The predicted molar refractivity (Wildman–Crippen MR) is 62.5 cm³/mol. The maximum Gasteiger partial charge on any atom is 0.417 e. The Kier molecular flexibility index (Phi) is 4.11. The number of rotatable bonds is 2. The fourth-order valence-corrected chi connectivity index (χ4v) is 1.44. The van der Waals surface area contributed by atoms with Gasteiger partial charge in [0, 0.05) is 10.0 Å². The zero-order valence-electron chi connectivity index (χ0n) is 8.37. The van der Waals surface area contributed by atoms with Gasteiger partial charge in [0.15, 0.2) is 0 Å². The lowest BCUT2D eigenvalue weighted by molar-refractivity contribution is -0.137. The van der Waals surface area contributed by atoms with Crippen molar-refractivity contribution in [1.82, 2.24) is 0 Å². The zero-order chi connectivity index (χ0) is 13.1. The number of alkyl halides is 3. The molecule has 0 aromatic heterocycles. The summed E-state index contributed by atoms with van der Waals surface area (Å²) in [6.45, 7) is 0. The van der Waals surface area contributed by atoms with Crippen molar-refractivity contribution in [1.29, 1.82) is 0 Å². The maximum absolute atomic E-state index is 12.6. The van der Waals surface area contributed by atoms with Crippen LogP contribution in [0.25, 0.3) is 0 Å². The molecule has 17 heavy (non-hydrogen) atoms. The summed E-state index contributed by atoms with van der Waals surface area (Å²) in [7, 11) is 0. The van der Waals surface area contributed by atoms with Gasteiger partial charge in [-0.3, -0.25) is 0 Å². The van der Waals surface area contributed by atoms with E-state index in [0.29, 0.717) is 4.47 Å². The molecule has 8 heteroatoms. The quantitative estimate of drug-likeness (QED) is 0.498. The monoisotopic (exact) mass is 308 g/mol. The molecule has 0 unspecified atom stereocenters. The van der Waals surface area contributed by atoms with E-state index in [0.717, 1.165) is 12.3 Å². The Morgan fingerprint density at radius 1 is 1.29 bits per heavy atom. The van der Waals surface area contributed by atoms with Crippen LogP contribution < -0.4 is 11.5 Å². The molecular formula is C9H8BrF3N4. The number of benzene rings is 1. The third-order valence-corrected chi connectivity index (χ3v) is 2.18. The molecule has 0 spiro atoms. The largest absolute Gasteiger partial charge is 0.417 e. The molecule has 0 radical (unpaired) electrons. The summed E-state index contributed by atoms with van der Waals surface area (Å²) in [6.07, 6.45) is -3.52. The molecule has 0 atom stereocenters. The highest BCUT2D eigenvalue weighted by molar-refractivity contribution is 9.10. The molecule has 1 aromatic rings. The second-order valence-corrected chi connectivity index (χ2v) is 3.91. The molecule has 0 fully saturated rings. The van der Waals surface area contributed by atoms with Crippen molar-refractivity contribution in [3.8, 4) is 0 Å². The van der Waals surface area contributed by atoms with Gasteiger partial charge in [-0.1, -0.05) is 15.9 Å². The first-order valence-corrected chi connectivity index (χ1v) is 5.08. The fraction of sp³-hybridized carbons (Fsp3) is 0.111. The maximum atomic E-state index is 12.6. The van der Waals surface area contributed by atoms with Crippen molar-refractivity contribution in [2.75, 3.05) is 0 Å². The fourth-order valence-electron chi connectivity index (χ4n) is 1.06. The first-order chi connectivity index (χ1) is 7.80. The van der Waals surface area contributed by atoms with Crippen LogP contribution in [-0.2, 0) is 6.18 Å². The molecule has 0 bridgehead atoms. The summed E-state index contributed by atoms with van der Waals surface area (Å²) in [5.74, 6) is -0.329. The van der Waals surface area contributed by atoms with E-state index in [4.69, 9.17) is 11.5 Å². The Balaban J connectivity index is 3.17. The minimum absolute atomic E-state index is 0.128. The number of nitrogens with two attached hydrogens (primary N) is 2. The predicted octanol–water partition coefficient (Wildman–Crippen LogP) is 2.08. The highest BCUT2D eigenvalue weighted by Crippen LogP contribution is 2.32. The van der Waals surface area contributed by atoms with Gasteiger partial charge in [-0.15, -0.1) is 5.10 Å². The van der Waals surface area contributed by atoms with Gasteiger partial charge in [0.1, 0.15) is 0 Å². The zero-order valence-corrected chi connectivity index (χ0v) is 9.96. The molecule has 0 saturated heterocycles. The molecular weight excluding hydrogens is 301 g/mol. The van der Waals surface area contributed by atoms with Crippen molar-refractivity contribution in [3.05, 3.63) is 33.8 Å². The molecule has 0 aliphatic carbocycles. The molecule has 0 aliphatic heterocycles. The van der Waals surface area contributed by atoms with Crippen LogP contribution in [0.4, 0.5) is 13.2 Å². The van der Waals surface area contributed by atoms with Crippen LogP contribution in [0.5, 0.6) is 0 Å². The van der Waals surface area contributed by atoms with E-state index in [9.17, 15) is 13.2 Å². The number of nitrogens with zero attached hydrogens (tertiary/aromatic N) is 2. The van der Waals surface area contributed by atoms with Crippen LogP contribution in [0.2, 0.25) is 0 Å². The number of guanidine groups is 1. The van der Waals surface area contributed by atoms with Crippen molar-refractivity contribution in [2.45, 2.75) is 6.18 Å². The number of halogens is 4. The lowest BCUT2D eigenvalue weighted by Gasteiger charge is -2.09. The lowest BCUT2D eigenvalue weighted by atomic mass is 10.1. The summed E-state index contributed by atoms with van der Waals surface area (Å²) >= 11 is 3.07. The molecule has 0 aliphatic rings. The third kappa shape index (κ3) is 4.06. The molecule has 4 nitrogen and oxygen atoms in total. The van der Waals surface area contributed by atoms with Gasteiger partial charge in [0.2, 0.25) is 5.96 Å². The van der Waals surface area contributed by atoms with Crippen LogP contribution in [0.15, 0.2) is 32.9 Å². The highest BCUT2D eigenvalue weighted by Gasteiger charge is 2.32. The topological polar surface area (TPSA) is 76.8 Å². The summed E-state index contributed by atoms with van der Waals surface area (Å²) in [5.41, 5.74) is 9.05. The van der Waals surface area contributed by atoms with Gasteiger partial charge in [-0.05, 0) is 18.2 Å². The Hall–Kier alpha value is -1.57. The second-order valence-electron chi connectivity index (χ2n) is 3.00. The van der Waals surface area contributed by atoms with E-state index in [2.05, 4.69) is 26.1 Å². The minimum atomic E-state index is -4.46. The van der Waals surface area contributed by atoms with E-state index < -0.39 is 11.7 Å². The standard InChI is InChI=1S/C9H8BrF3N4/c10-6-1-2-7(9(11,12)13)5(3-6)4-16-17-8(14)15/h1-4H,(H4,14,15,17). The summed E-state index contributed by atoms with van der Waals surface area (Å²) in [4.78, 5) is 0. The SMILES string of the molecule is NC(N)=NN=Cc1cc(Br)ccc1C(F)(F)F. The van der Waals surface area contributed by atoms with Gasteiger partial charge < -0.3 is 11.5 Å². The third-order valence-electron chi connectivity index (χ3n) is 1.69. The summed E-state index contributed by atoms with van der Waals surface area (Å²) in [5, 5.41) is 6.58. The van der Waals surface area contributed by atoms with Gasteiger partial charge >= 0.3 is 6.18 Å². The molecule has 1 aromatic carbocycles. The van der Waals surface area contributed by atoms with E-state index in [-0.39, 0.29) is 11.5 Å². The average molecular weight is 309 g/mol. The minimum Gasteiger partial charge on any atom is -0.369 e. The number of hydrogen-bond acceptors (Lipinski definition) is 2. The van der Waals surface area contributed by atoms with Crippen molar-refractivity contribution in [3.63, 3.8) is 0 Å². The lowest BCUT2D eigenvalue weighted by Crippen LogP contribution is -2.21. The van der Waals surface area contributed by atoms with Gasteiger partial charge in [-0.25, -0.2) is 0 Å². The number of hydrogen-bond donors (Lipinski definition) is 2. The second kappa shape index (κ2) is 5.17. The Labute approximate surface area is 103 Å². The molecule has 0 saturated carbocycles. The van der Waals surface area contributed by atoms with Gasteiger partial charge in [0.25, 0.3) is 0 Å². The highest BCUT2D eigenvalue weighted by atomic mass is 79.9. The Morgan fingerprint density at radius 3 is 2.47 bits per heavy atom. The summed E-state index contributed by atoms with van der Waals surface area (Å²) < 4.78 is 38.3. The van der Waals surface area contributed by atoms with Crippen LogP contribution in [0.1, 0.15) is 11.1 Å². The first kappa shape index (κ1) is 13.5. The van der Waals surface area contributed by atoms with Crippen LogP contribution in [0, 0.1) is 0 Å². The molecule has 0 amide bonds. The smallest absolute Gasteiger partial charge is 0.369 e. The molecule has 1 rings (SSSR count). The molecule has 4 N–H and O–H groups in total. The van der Waals surface area contributed by atoms with E-state index >= 15 is 0 Å². The van der Waals surface area contributed by atoms with E-state index in [1.807, 2.05) is 0 Å². The first-order valence-electron chi connectivity index (χ1n) is 4.29. The van der Waals surface area contributed by atoms with Crippen LogP contribution >= 0.6 is 15.9 Å². The van der Waals surface area contributed by atoms with Crippen LogP contribution in [-0.4, -0.2) is 12.2 Å². The van der Waals surface area contributed by atoms with E-state index in [1.165, 1.54) is 12.1 Å². The van der Waals surface area contributed by atoms with Crippen LogP contribution in [0.3, 0.4) is 0 Å². The van der Waals surface area contributed by atoms with Crippen molar-refractivity contribution in [2.24, 2.45) is 21.7 Å². The van der Waals surface area contributed by atoms with Gasteiger partial charge in [-0.2, -0.15) is 18.3 Å². The van der Waals surface area contributed by atoms with Gasteiger partial charge in [0.05, 0.1) is 11.8 Å². The normalized spacial score (nSPS) is 11.8. The van der Waals surface area contributed by atoms with E-state index in [1.54, 1.807) is 0 Å². The Morgan fingerprint density at radius 2 is 1.94 bits per heavy atom. The summed E-state index contributed by atoms with van der Waals surface area (Å²) in [6, 6.07) is 3.51. The molecule has 92 valence electrons.